The molecule has 72 valence electrons. The lowest BCUT2D eigenvalue weighted by Gasteiger charge is -2.24. The van der Waals surface area contributed by atoms with Crippen LogP contribution in [0.15, 0.2) is 30.6 Å². The Morgan fingerprint density at radius 1 is 1.07 bits per heavy atom. The van der Waals surface area contributed by atoms with E-state index < -0.39 is 0 Å². The molecular formula is C9H6Cl2N2O. The van der Waals surface area contributed by atoms with Gasteiger partial charge in [-0.3, -0.25) is 13.6 Å². The van der Waals surface area contributed by atoms with Crippen molar-refractivity contribution >= 4 is 41.2 Å². The molecule has 1 aliphatic rings. The summed E-state index contributed by atoms with van der Waals surface area (Å²) in [7, 11) is 0. The van der Waals surface area contributed by atoms with Gasteiger partial charge in [-0.2, -0.15) is 0 Å². The molecule has 0 spiro atoms. The maximum atomic E-state index is 10.6. The molecule has 0 aromatic heterocycles. The Balaban J connectivity index is 2.54. The van der Waals surface area contributed by atoms with Gasteiger partial charge in [-0.05, 0) is 18.2 Å². The van der Waals surface area contributed by atoms with Crippen LogP contribution in [0, 0.1) is 0 Å². The number of aldehydes is 1. The standard InChI is InChI=1S/C9H6Cl2N2O/c10-12-3-4-13(11)9-5-7(6-14)1-2-8(9)12/h1-6H. The van der Waals surface area contributed by atoms with E-state index in [9.17, 15) is 4.79 Å². The highest BCUT2D eigenvalue weighted by Crippen LogP contribution is 2.36. The van der Waals surface area contributed by atoms with E-state index >= 15 is 0 Å². The van der Waals surface area contributed by atoms with Gasteiger partial charge in [-0.1, -0.05) is 0 Å². The second-order valence-corrected chi connectivity index (χ2v) is 3.51. The average Bonchev–Trinajstić information content (AvgIpc) is 2.23. The molecule has 1 aromatic rings. The van der Waals surface area contributed by atoms with Crippen molar-refractivity contribution in [1.82, 2.24) is 0 Å². The van der Waals surface area contributed by atoms with Gasteiger partial charge in [0.25, 0.3) is 0 Å². The van der Waals surface area contributed by atoms with Crippen LogP contribution < -0.4 is 8.84 Å². The Kier molecular flexibility index (Phi) is 2.35. The van der Waals surface area contributed by atoms with Gasteiger partial charge in [0, 0.05) is 41.5 Å². The molecule has 0 radical (unpaired) electrons. The number of benzene rings is 1. The fraction of sp³-hybridized carbons (Fsp3) is 0. The Bertz CT molecular complexity index is 406. The van der Waals surface area contributed by atoms with E-state index in [2.05, 4.69) is 0 Å². The van der Waals surface area contributed by atoms with Crippen molar-refractivity contribution in [3.05, 3.63) is 36.2 Å². The molecule has 3 nitrogen and oxygen atoms in total. The molecule has 0 aliphatic carbocycles. The highest BCUT2D eigenvalue weighted by atomic mass is 35.5. The number of carbonyl (C=O) groups is 1. The van der Waals surface area contributed by atoms with E-state index in [1.54, 1.807) is 30.6 Å². The van der Waals surface area contributed by atoms with Crippen LogP contribution in [0.1, 0.15) is 10.4 Å². The minimum Gasteiger partial charge on any atom is -0.298 e. The number of hydrogen-bond acceptors (Lipinski definition) is 3. The minimum atomic E-state index is 0.565. The van der Waals surface area contributed by atoms with Crippen LogP contribution in [0.3, 0.4) is 0 Å². The highest BCUT2D eigenvalue weighted by molar-refractivity contribution is 6.32. The minimum absolute atomic E-state index is 0.565. The first-order valence-electron chi connectivity index (χ1n) is 3.90. The zero-order valence-corrected chi connectivity index (χ0v) is 8.53. The molecule has 1 aliphatic heterocycles. The highest BCUT2D eigenvalue weighted by Gasteiger charge is 2.16. The summed E-state index contributed by atoms with van der Waals surface area (Å²) in [6.07, 6.45) is 3.99. The third kappa shape index (κ3) is 1.45. The summed E-state index contributed by atoms with van der Waals surface area (Å²) in [4.78, 5) is 10.6. The van der Waals surface area contributed by atoms with Crippen LogP contribution in [0.4, 0.5) is 11.4 Å². The predicted molar refractivity (Wildman–Crippen MR) is 57.6 cm³/mol. The summed E-state index contributed by atoms with van der Waals surface area (Å²) in [5.74, 6) is 0. The van der Waals surface area contributed by atoms with Crippen molar-refractivity contribution < 1.29 is 4.79 Å². The van der Waals surface area contributed by atoms with Crippen LogP contribution in [-0.2, 0) is 0 Å². The monoisotopic (exact) mass is 228 g/mol. The van der Waals surface area contributed by atoms with Crippen molar-refractivity contribution in [2.75, 3.05) is 8.84 Å². The van der Waals surface area contributed by atoms with E-state index in [4.69, 9.17) is 23.6 Å². The second-order valence-electron chi connectivity index (χ2n) is 2.79. The maximum Gasteiger partial charge on any atom is 0.150 e. The Labute approximate surface area is 91.3 Å². The molecule has 1 heterocycles. The van der Waals surface area contributed by atoms with Gasteiger partial charge < -0.3 is 0 Å². The first-order chi connectivity index (χ1) is 6.72. The van der Waals surface area contributed by atoms with Gasteiger partial charge in [-0.15, -0.1) is 0 Å². The molecule has 1 aromatic carbocycles. The third-order valence-electron chi connectivity index (χ3n) is 1.92. The smallest absolute Gasteiger partial charge is 0.150 e. The van der Waals surface area contributed by atoms with Crippen molar-refractivity contribution in [2.45, 2.75) is 0 Å². The van der Waals surface area contributed by atoms with Crippen molar-refractivity contribution in [3.8, 4) is 0 Å². The molecule has 0 amide bonds. The first-order valence-corrected chi connectivity index (χ1v) is 4.57. The Morgan fingerprint density at radius 3 is 2.36 bits per heavy atom. The van der Waals surface area contributed by atoms with Crippen LogP contribution >= 0.6 is 23.6 Å². The molecule has 0 atom stereocenters. The number of anilines is 2. The Morgan fingerprint density at radius 2 is 1.71 bits per heavy atom. The van der Waals surface area contributed by atoms with Crippen LogP contribution in [0.25, 0.3) is 0 Å². The number of halogens is 2. The van der Waals surface area contributed by atoms with E-state index in [0.29, 0.717) is 11.3 Å². The molecule has 0 fully saturated rings. The molecule has 0 saturated carbocycles. The summed E-state index contributed by atoms with van der Waals surface area (Å²) in [5.41, 5.74) is 2.00. The van der Waals surface area contributed by atoms with Gasteiger partial charge >= 0.3 is 0 Å². The predicted octanol–water partition coefficient (Wildman–Crippen LogP) is 2.90. The summed E-state index contributed by atoms with van der Waals surface area (Å²) in [6.45, 7) is 0. The summed E-state index contributed by atoms with van der Waals surface area (Å²) >= 11 is 11.8. The van der Waals surface area contributed by atoms with Crippen LogP contribution in [0.5, 0.6) is 0 Å². The molecule has 0 N–H and O–H groups in total. The van der Waals surface area contributed by atoms with E-state index in [1.165, 1.54) is 8.84 Å². The fourth-order valence-electron chi connectivity index (χ4n) is 1.24. The number of nitrogens with zero attached hydrogens (tertiary/aromatic N) is 2. The topological polar surface area (TPSA) is 23.6 Å². The normalized spacial score (nSPS) is 14.1. The largest absolute Gasteiger partial charge is 0.298 e. The molecule has 0 unspecified atom stereocenters. The average molecular weight is 229 g/mol. The van der Waals surface area contributed by atoms with E-state index in [1.807, 2.05) is 0 Å². The van der Waals surface area contributed by atoms with Crippen molar-refractivity contribution in [2.24, 2.45) is 0 Å². The molecule has 0 saturated heterocycles. The molecule has 14 heavy (non-hydrogen) atoms. The lowest BCUT2D eigenvalue weighted by molar-refractivity contribution is 0.112. The molecule has 2 rings (SSSR count). The van der Waals surface area contributed by atoms with Crippen molar-refractivity contribution in [3.63, 3.8) is 0 Å². The van der Waals surface area contributed by atoms with Gasteiger partial charge in [0.2, 0.25) is 0 Å². The maximum absolute atomic E-state index is 10.6. The number of hydrogen-bond donors (Lipinski definition) is 0. The number of rotatable bonds is 1. The number of fused-ring (bicyclic) bond motifs is 1. The lowest BCUT2D eigenvalue weighted by atomic mass is 10.1. The number of carbonyl (C=O) groups excluding carboxylic acids is 1. The van der Waals surface area contributed by atoms with Crippen LogP contribution in [0.2, 0.25) is 0 Å². The summed E-state index contributed by atoms with van der Waals surface area (Å²) in [6, 6.07) is 5.10. The fourth-order valence-corrected chi connectivity index (χ4v) is 1.62. The van der Waals surface area contributed by atoms with E-state index in [0.717, 1.165) is 12.0 Å². The van der Waals surface area contributed by atoms with Gasteiger partial charge in [-0.25, -0.2) is 0 Å². The van der Waals surface area contributed by atoms with Crippen LogP contribution in [-0.4, -0.2) is 6.29 Å². The molecule has 0 bridgehead atoms. The quantitative estimate of drug-likeness (QED) is 0.546. The SMILES string of the molecule is O=Cc1ccc2c(c1)N(Cl)C=CN2Cl. The molecule has 5 heteroatoms. The summed E-state index contributed by atoms with van der Waals surface area (Å²) in [5, 5.41) is 0. The zero-order valence-electron chi connectivity index (χ0n) is 7.02. The van der Waals surface area contributed by atoms with Gasteiger partial charge in [0.05, 0.1) is 11.4 Å². The van der Waals surface area contributed by atoms with E-state index in [-0.39, 0.29) is 0 Å². The van der Waals surface area contributed by atoms with Gasteiger partial charge in [0.1, 0.15) is 6.29 Å². The Hall–Kier alpha value is -1.19. The van der Waals surface area contributed by atoms with Gasteiger partial charge in [0.15, 0.2) is 0 Å². The van der Waals surface area contributed by atoms with Crippen molar-refractivity contribution in [1.29, 1.82) is 0 Å². The second kappa shape index (κ2) is 3.52. The zero-order chi connectivity index (χ0) is 10.1. The molecular weight excluding hydrogens is 223 g/mol. The first kappa shape index (κ1) is 9.37. The summed E-state index contributed by atoms with van der Waals surface area (Å²) < 4.78 is 2.81. The lowest BCUT2D eigenvalue weighted by Crippen LogP contribution is -2.14. The third-order valence-corrected chi connectivity index (χ3v) is 2.51.